The van der Waals surface area contributed by atoms with E-state index >= 15 is 0 Å². The van der Waals surface area contributed by atoms with Crippen molar-refractivity contribution in [2.75, 3.05) is 7.11 Å². The van der Waals surface area contributed by atoms with Crippen molar-refractivity contribution < 1.29 is 4.74 Å². The van der Waals surface area contributed by atoms with Gasteiger partial charge in [-0.3, -0.25) is 0 Å². The molecule has 90 valence electrons. The molecule has 0 bridgehead atoms. The topological polar surface area (TPSA) is 39.9 Å². The molecule has 1 aromatic carbocycles. The highest BCUT2D eigenvalue weighted by molar-refractivity contribution is 9.10. The predicted octanol–water partition coefficient (Wildman–Crippen LogP) is 2.88. The second-order valence-corrected chi connectivity index (χ2v) is 5.28. The van der Waals surface area contributed by atoms with E-state index in [-0.39, 0.29) is 0 Å². The lowest BCUT2D eigenvalue weighted by molar-refractivity contribution is 0.412. The van der Waals surface area contributed by atoms with Crippen molar-refractivity contribution >= 4 is 27.7 Å². The molecule has 0 aliphatic rings. The lowest BCUT2D eigenvalue weighted by Gasteiger charge is -2.05. The van der Waals surface area contributed by atoms with Crippen molar-refractivity contribution in [2.45, 2.75) is 10.9 Å². The molecule has 4 nitrogen and oxygen atoms in total. The molecule has 0 saturated carbocycles. The number of halogens is 1. The first-order valence-corrected chi connectivity index (χ1v) is 6.78. The van der Waals surface area contributed by atoms with Gasteiger partial charge in [0.2, 0.25) is 0 Å². The first kappa shape index (κ1) is 12.4. The number of nitrogens with zero attached hydrogens (tertiary/aromatic N) is 3. The molecule has 0 aliphatic heterocycles. The average Bonchev–Trinajstić information content (AvgIpc) is 2.72. The van der Waals surface area contributed by atoms with E-state index in [1.54, 1.807) is 25.2 Å². The normalized spacial score (nSPS) is 10.5. The molecule has 0 atom stereocenters. The molecule has 0 amide bonds. The summed E-state index contributed by atoms with van der Waals surface area (Å²) in [7, 11) is 3.60. The lowest BCUT2D eigenvalue weighted by Crippen LogP contribution is -1.90. The zero-order valence-electron chi connectivity index (χ0n) is 9.55. The van der Waals surface area contributed by atoms with Gasteiger partial charge in [-0.2, -0.15) is 0 Å². The number of hydrogen-bond acceptors (Lipinski definition) is 4. The van der Waals surface area contributed by atoms with Gasteiger partial charge >= 0.3 is 0 Å². The summed E-state index contributed by atoms with van der Waals surface area (Å²) in [5.74, 6) is 1.70. The SMILES string of the molecule is COc1ccc(CSc2nncn2C)cc1Br. The molecule has 0 radical (unpaired) electrons. The van der Waals surface area contributed by atoms with Crippen LogP contribution in [-0.2, 0) is 12.8 Å². The van der Waals surface area contributed by atoms with E-state index in [4.69, 9.17) is 4.74 Å². The molecule has 0 saturated heterocycles. The number of rotatable bonds is 4. The summed E-state index contributed by atoms with van der Waals surface area (Å²) in [5.41, 5.74) is 1.21. The van der Waals surface area contributed by atoms with Crippen molar-refractivity contribution in [2.24, 2.45) is 7.05 Å². The Bertz CT molecular complexity index is 515. The Morgan fingerprint density at radius 2 is 2.29 bits per heavy atom. The number of hydrogen-bond donors (Lipinski definition) is 0. The van der Waals surface area contributed by atoms with Crippen molar-refractivity contribution in [1.82, 2.24) is 14.8 Å². The van der Waals surface area contributed by atoms with E-state index in [0.717, 1.165) is 21.1 Å². The van der Waals surface area contributed by atoms with Crippen LogP contribution in [0.1, 0.15) is 5.56 Å². The van der Waals surface area contributed by atoms with E-state index < -0.39 is 0 Å². The van der Waals surface area contributed by atoms with Gasteiger partial charge in [0.05, 0.1) is 11.6 Å². The van der Waals surface area contributed by atoms with Crippen LogP contribution in [0, 0.1) is 0 Å². The summed E-state index contributed by atoms with van der Waals surface area (Å²) >= 11 is 5.13. The molecule has 17 heavy (non-hydrogen) atoms. The molecular weight excluding hydrogens is 302 g/mol. The van der Waals surface area contributed by atoms with Gasteiger partial charge < -0.3 is 9.30 Å². The Morgan fingerprint density at radius 1 is 1.47 bits per heavy atom. The summed E-state index contributed by atoms with van der Waals surface area (Å²) in [4.78, 5) is 0. The van der Waals surface area contributed by atoms with Crippen LogP contribution >= 0.6 is 27.7 Å². The van der Waals surface area contributed by atoms with E-state index in [9.17, 15) is 0 Å². The lowest BCUT2D eigenvalue weighted by atomic mass is 10.2. The fourth-order valence-corrected chi connectivity index (χ4v) is 2.77. The molecule has 1 heterocycles. The first-order valence-electron chi connectivity index (χ1n) is 5.00. The van der Waals surface area contributed by atoms with Crippen molar-refractivity contribution in [3.05, 3.63) is 34.6 Å². The zero-order chi connectivity index (χ0) is 12.3. The van der Waals surface area contributed by atoms with Crippen molar-refractivity contribution in [3.8, 4) is 5.75 Å². The Balaban J connectivity index is 2.05. The van der Waals surface area contributed by atoms with Gasteiger partial charge in [-0.25, -0.2) is 0 Å². The maximum Gasteiger partial charge on any atom is 0.191 e. The second kappa shape index (κ2) is 5.55. The predicted molar refractivity (Wildman–Crippen MR) is 71.3 cm³/mol. The minimum absolute atomic E-state index is 0.845. The zero-order valence-corrected chi connectivity index (χ0v) is 12.0. The number of benzene rings is 1. The molecule has 0 aliphatic carbocycles. The van der Waals surface area contributed by atoms with E-state index in [1.807, 2.05) is 23.7 Å². The van der Waals surface area contributed by atoms with Gasteiger partial charge in [-0.15, -0.1) is 10.2 Å². The highest BCUT2D eigenvalue weighted by atomic mass is 79.9. The number of methoxy groups -OCH3 is 1. The Labute approximate surface area is 113 Å². The third-order valence-corrected chi connectivity index (χ3v) is 3.98. The number of aromatic nitrogens is 3. The number of ether oxygens (including phenoxy) is 1. The monoisotopic (exact) mass is 313 g/mol. The summed E-state index contributed by atoms with van der Waals surface area (Å²) in [5, 5.41) is 8.78. The quantitative estimate of drug-likeness (QED) is 0.814. The maximum atomic E-state index is 5.19. The van der Waals surface area contributed by atoms with Crippen LogP contribution in [-0.4, -0.2) is 21.9 Å². The highest BCUT2D eigenvalue weighted by Gasteiger charge is 2.04. The van der Waals surface area contributed by atoms with Gasteiger partial charge in [0, 0.05) is 12.8 Å². The van der Waals surface area contributed by atoms with Crippen LogP contribution in [0.4, 0.5) is 0 Å². The summed E-state index contributed by atoms with van der Waals surface area (Å²) < 4.78 is 8.06. The molecule has 6 heteroatoms. The minimum Gasteiger partial charge on any atom is -0.496 e. The van der Waals surface area contributed by atoms with Gasteiger partial charge in [-0.05, 0) is 33.6 Å². The molecule has 0 spiro atoms. The number of thioether (sulfide) groups is 1. The largest absolute Gasteiger partial charge is 0.496 e. The third-order valence-electron chi connectivity index (χ3n) is 2.25. The maximum absolute atomic E-state index is 5.19. The standard InChI is InChI=1S/C11H12BrN3OS/c1-15-7-13-14-11(15)17-6-8-3-4-10(16-2)9(12)5-8/h3-5,7H,6H2,1-2H3. The fraction of sp³-hybridized carbons (Fsp3) is 0.273. The molecule has 0 N–H and O–H groups in total. The molecule has 2 aromatic rings. The Morgan fingerprint density at radius 3 is 2.88 bits per heavy atom. The van der Waals surface area contributed by atoms with Crippen LogP contribution in [0.25, 0.3) is 0 Å². The number of aryl methyl sites for hydroxylation is 1. The average molecular weight is 314 g/mol. The van der Waals surface area contributed by atoms with Crippen LogP contribution in [0.5, 0.6) is 5.75 Å². The van der Waals surface area contributed by atoms with E-state index in [2.05, 4.69) is 32.2 Å². The van der Waals surface area contributed by atoms with Gasteiger partial charge in [-0.1, -0.05) is 17.8 Å². The van der Waals surface area contributed by atoms with E-state index in [0.29, 0.717) is 0 Å². The van der Waals surface area contributed by atoms with Gasteiger partial charge in [0.25, 0.3) is 0 Å². The van der Waals surface area contributed by atoms with Crippen LogP contribution in [0.3, 0.4) is 0 Å². The van der Waals surface area contributed by atoms with Crippen molar-refractivity contribution in [3.63, 3.8) is 0 Å². The Kier molecular flexibility index (Phi) is 4.06. The summed E-state index contributed by atoms with van der Waals surface area (Å²) in [6.07, 6.45) is 1.70. The third kappa shape index (κ3) is 3.01. The fourth-order valence-electron chi connectivity index (χ4n) is 1.35. The Hall–Kier alpha value is -1.01. The van der Waals surface area contributed by atoms with Gasteiger partial charge in [0.15, 0.2) is 5.16 Å². The summed E-state index contributed by atoms with van der Waals surface area (Å²) in [6.45, 7) is 0. The van der Waals surface area contributed by atoms with Crippen LogP contribution in [0.2, 0.25) is 0 Å². The highest BCUT2D eigenvalue weighted by Crippen LogP contribution is 2.28. The van der Waals surface area contributed by atoms with Crippen molar-refractivity contribution in [1.29, 1.82) is 0 Å². The molecule has 0 unspecified atom stereocenters. The molecular formula is C11H12BrN3OS. The minimum atomic E-state index is 0.845. The van der Waals surface area contributed by atoms with Crippen LogP contribution < -0.4 is 4.74 Å². The molecule has 0 fully saturated rings. The van der Waals surface area contributed by atoms with Gasteiger partial charge in [0.1, 0.15) is 12.1 Å². The van der Waals surface area contributed by atoms with E-state index in [1.165, 1.54) is 5.56 Å². The smallest absolute Gasteiger partial charge is 0.191 e. The first-order chi connectivity index (χ1) is 8.20. The molecule has 2 rings (SSSR count). The molecule has 1 aromatic heterocycles. The summed E-state index contributed by atoms with van der Waals surface area (Å²) in [6, 6.07) is 6.06. The second-order valence-electron chi connectivity index (χ2n) is 3.48. The van der Waals surface area contributed by atoms with Crippen LogP contribution in [0.15, 0.2) is 34.2 Å².